The average Bonchev–Trinajstić information content (AvgIpc) is 2.28. The summed E-state index contributed by atoms with van der Waals surface area (Å²) >= 11 is 0. The fourth-order valence-corrected chi connectivity index (χ4v) is 1.93. The first-order valence-corrected chi connectivity index (χ1v) is 6.27. The SMILES string of the molecule is CCCCO[C@H]1C(C)O[C@@H](O)[C@@H](OC(C)=O)C1O. The van der Waals surface area contributed by atoms with Gasteiger partial charge in [0.05, 0.1) is 6.10 Å². The lowest BCUT2D eigenvalue weighted by atomic mass is 9.99. The molecule has 1 fully saturated rings. The first-order chi connectivity index (χ1) is 8.47. The maximum Gasteiger partial charge on any atom is 0.303 e. The van der Waals surface area contributed by atoms with Crippen LogP contribution in [0, 0.1) is 0 Å². The van der Waals surface area contributed by atoms with Crippen molar-refractivity contribution in [2.75, 3.05) is 6.61 Å². The van der Waals surface area contributed by atoms with Crippen LogP contribution in [0.1, 0.15) is 33.6 Å². The summed E-state index contributed by atoms with van der Waals surface area (Å²) in [6.07, 6.45) is -2.74. The Labute approximate surface area is 107 Å². The lowest BCUT2D eigenvalue weighted by Crippen LogP contribution is -2.58. The van der Waals surface area contributed by atoms with Crippen LogP contribution in [0.15, 0.2) is 0 Å². The van der Waals surface area contributed by atoms with E-state index < -0.39 is 36.7 Å². The number of esters is 1. The number of ether oxygens (including phenoxy) is 3. The molecule has 0 bridgehead atoms. The molecule has 5 atom stereocenters. The first-order valence-electron chi connectivity index (χ1n) is 6.27. The quantitative estimate of drug-likeness (QED) is 0.544. The predicted octanol–water partition coefficient (Wildman–Crippen LogP) is 0.201. The van der Waals surface area contributed by atoms with Gasteiger partial charge in [-0.15, -0.1) is 0 Å². The van der Waals surface area contributed by atoms with Crippen molar-refractivity contribution < 1.29 is 29.2 Å². The van der Waals surface area contributed by atoms with E-state index in [2.05, 4.69) is 0 Å². The van der Waals surface area contributed by atoms with Gasteiger partial charge in [-0.3, -0.25) is 4.79 Å². The highest BCUT2D eigenvalue weighted by atomic mass is 16.7. The molecule has 0 aromatic heterocycles. The fourth-order valence-electron chi connectivity index (χ4n) is 1.93. The smallest absolute Gasteiger partial charge is 0.303 e. The zero-order valence-corrected chi connectivity index (χ0v) is 11.0. The molecule has 0 aliphatic carbocycles. The molecule has 1 saturated heterocycles. The van der Waals surface area contributed by atoms with E-state index in [4.69, 9.17) is 14.2 Å². The summed E-state index contributed by atoms with van der Waals surface area (Å²) < 4.78 is 15.6. The van der Waals surface area contributed by atoms with E-state index in [1.54, 1.807) is 6.92 Å². The molecule has 1 aliphatic heterocycles. The summed E-state index contributed by atoms with van der Waals surface area (Å²) in [6.45, 7) is 5.44. The topological polar surface area (TPSA) is 85.2 Å². The summed E-state index contributed by atoms with van der Waals surface area (Å²) in [7, 11) is 0. The van der Waals surface area contributed by atoms with Crippen molar-refractivity contribution in [1.82, 2.24) is 0 Å². The number of aliphatic hydroxyl groups excluding tert-OH is 2. The fraction of sp³-hybridized carbons (Fsp3) is 0.917. The van der Waals surface area contributed by atoms with Crippen molar-refractivity contribution in [3.63, 3.8) is 0 Å². The Morgan fingerprint density at radius 1 is 1.33 bits per heavy atom. The van der Waals surface area contributed by atoms with Gasteiger partial charge in [0.2, 0.25) is 0 Å². The lowest BCUT2D eigenvalue weighted by molar-refractivity contribution is -0.289. The number of rotatable bonds is 5. The minimum Gasteiger partial charge on any atom is -0.454 e. The number of carbonyl (C=O) groups is 1. The van der Waals surface area contributed by atoms with Crippen molar-refractivity contribution in [3.8, 4) is 0 Å². The minimum absolute atomic E-state index is 0.460. The molecular formula is C12H22O6. The third kappa shape index (κ3) is 3.91. The molecule has 0 amide bonds. The van der Waals surface area contributed by atoms with Gasteiger partial charge in [0.1, 0.15) is 12.2 Å². The van der Waals surface area contributed by atoms with E-state index in [1.165, 1.54) is 6.92 Å². The Morgan fingerprint density at radius 2 is 2.00 bits per heavy atom. The van der Waals surface area contributed by atoms with E-state index in [1.807, 2.05) is 6.92 Å². The van der Waals surface area contributed by atoms with Gasteiger partial charge in [0.25, 0.3) is 0 Å². The van der Waals surface area contributed by atoms with Crippen molar-refractivity contribution in [2.24, 2.45) is 0 Å². The zero-order valence-electron chi connectivity index (χ0n) is 11.0. The summed E-state index contributed by atoms with van der Waals surface area (Å²) in [4.78, 5) is 10.9. The summed E-state index contributed by atoms with van der Waals surface area (Å²) in [5, 5.41) is 19.7. The second kappa shape index (κ2) is 7.04. The molecule has 1 heterocycles. The molecule has 0 aromatic carbocycles. The highest BCUT2D eigenvalue weighted by Crippen LogP contribution is 2.24. The molecule has 2 unspecified atom stereocenters. The van der Waals surface area contributed by atoms with E-state index in [0.717, 1.165) is 12.8 Å². The van der Waals surface area contributed by atoms with Gasteiger partial charge in [-0.05, 0) is 13.3 Å². The summed E-state index contributed by atoms with van der Waals surface area (Å²) in [5.74, 6) is -0.580. The van der Waals surface area contributed by atoms with Crippen LogP contribution in [-0.2, 0) is 19.0 Å². The third-order valence-electron chi connectivity index (χ3n) is 2.88. The molecule has 1 aliphatic rings. The van der Waals surface area contributed by atoms with Crippen LogP contribution < -0.4 is 0 Å². The van der Waals surface area contributed by atoms with E-state index in [9.17, 15) is 15.0 Å². The molecule has 6 nitrogen and oxygen atoms in total. The Bertz CT molecular complexity index is 269. The normalized spacial score (nSPS) is 36.4. The minimum atomic E-state index is -1.33. The van der Waals surface area contributed by atoms with E-state index in [0.29, 0.717) is 6.61 Å². The number of hydrogen-bond acceptors (Lipinski definition) is 6. The highest BCUT2D eigenvalue weighted by Gasteiger charge is 2.45. The molecule has 2 N–H and O–H groups in total. The highest BCUT2D eigenvalue weighted by molar-refractivity contribution is 5.66. The van der Waals surface area contributed by atoms with Gasteiger partial charge in [-0.2, -0.15) is 0 Å². The molecule has 1 rings (SSSR count). The molecule has 0 saturated carbocycles. The van der Waals surface area contributed by atoms with Crippen LogP contribution in [0.2, 0.25) is 0 Å². The van der Waals surface area contributed by atoms with Crippen LogP contribution in [0.25, 0.3) is 0 Å². The summed E-state index contributed by atoms with van der Waals surface area (Å²) in [6, 6.07) is 0. The Balaban J connectivity index is 2.62. The van der Waals surface area contributed by atoms with Gasteiger partial charge < -0.3 is 24.4 Å². The number of unbranched alkanes of at least 4 members (excludes halogenated alkanes) is 1. The van der Waals surface area contributed by atoms with Gasteiger partial charge in [-0.1, -0.05) is 13.3 Å². The molecule has 0 spiro atoms. The van der Waals surface area contributed by atoms with Gasteiger partial charge in [-0.25, -0.2) is 0 Å². The average molecular weight is 262 g/mol. The monoisotopic (exact) mass is 262 g/mol. The Kier molecular flexibility index (Phi) is 6.01. The van der Waals surface area contributed by atoms with Crippen LogP contribution >= 0.6 is 0 Å². The van der Waals surface area contributed by atoms with Crippen LogP contribution in [0.4, 0.5) is 0 Å². The van der Waals surface area contributed by atoms with Crippen LogP contribution in [0.5, 0.6) is 0 Å². The maximum atomic E-state index is 10.9. The number of aliphatic hydroxyl groups is 2. The lowest BCUT2D eigenvalue weighted by Gasteiger charge is -2.40. The molecule has 0 aromatic rings. The van der Waals surface area contributed by atoms with Crippen LogP contribution in [-0.4, -0.2) is 53.5 Å². The Hall–Kier alpha value is -0.690. The second-order valence-electron chi connectivity index (χ2n) is 4.49. The Morgan fingerprint density at radius 3 is 2.56 bits per heavy atom. The van der Waals surface area contributed by atoms with E-state index >= 15 is 0 Å². The maximum absolute atomic E-state index is 10.9. The molecule has 18 heavy (non-hydrogen) atoms. The largest absolute Gasteiger partial charge is 0.454 e. The molecule has 106 valence electrons. The second-order valence-corrected chi connectivity index (χ2v) is 4.49. The van der Waals surface area contributed by atoms with Crippen molar-refractivity contribution in [3.05, 3.63) is 0 Å². The number of hydrogen-bond donors (Lipinski definition) is 2. The van der Waals surface area contributed by atoms with Crippen molar-refractivity contribution >= 4 is 5.97 Å². The van der Waals surface area contributed by atoms with Gasteiger partial charge in [0, 0.05) is 13.5 Å². The van der Waals surface area contributed by atoms with E-state index in [-0.39, 0.29) is 0 Å². The molecular weight excluding hydrogens is 240 g/mol. The molecule has 0 radical (unpaired) electrons. The van der Waals surface area contributed by atoms with Gasteiger partial charge >= 0.3 is 5.97 Å². The number of carbonyl (C=O) groups excluding carboxylic acids is 1. The summed E-state index contributed by atoms with van der Waals surface area (Å²) in [5.41, 5.74) is 0. The van der Waals surface area contributed by atoms with Crippen LogP contribution in [0.3, 0.4) is 0 Å². The standard InChI is InChI=1S/C12H22O6/c1-4-5-6-16-10-7(2)17-12(15)11(9(10)14)18-8(3)13/h7,9-12,14-15H,4-6H2,1-3H3/t7?,9?,10-,11-,12+/m0/s1. The first kappa shape index (κ1) is 15.4. The predicted molar refractivity (Wildman–Crippen MR) is 62.8 cm³/mol. The van der Waals surface area contributed by atoms with Crippen molar-refractivity contribution in [2.45, 2.75) is 64.3 Å². The van der Waals surface area contributed by atoms with Gasteiger partial charge in [0.15, 0.2) is 12.4 Å². The third-order valence-corrected chi connectivity index (χ3v) is 2.88. The van der Waals surface area contributed by atoms with Crippen molar-refractivity contribution in [1.29, 1.82) is 0 Å². The zero-order chi connectivity index (χ0) is 13.7. The molecule has 6 heteroatoms.